The highest BCUT2D eigenvalue weighted by molar-refractivity contribution is 7.89. The van der Waals surface area contributed by atoms with E-state index in [-0.39, 0.29) is 34.1 Å². The lowest BCUT2D eigenvalue weighted by atomic mass is 10.1. The number of nitrogens with zero attached hydrogens (tertiary/aromatic N) is 1. The smallest absolute Gasteiger partial charge is 0.338 e. The molecule has 10 heteroatoms. The van der Waals surface area contributed by atoms with Gasteiger partial charge in [-0.3, -0.25) is 4.79 Å². The summed E-state index contributed by atoms with van der Waals surface area (Å²) in [7, 11) is -3.78. The molecule has 3 rings (SSSR count). The van der Waals surface area contributed by atoms with Crippen molar-refractivity contribution in [1.82, 2.24) is 4.31 Å². The fourth-order valence-electron chi connectivity index (χ4n) is 2.94. The SMILES string of the molecule is Cc1ccc(C(=O)OCC(=O)c2ccc(Cl)cc2Cl)cc1S(=O)(=O)N1CCOCC1. The first-order valence-electron chi connectivity index (χ1n) is 9.04. The van der Waals surface area contributed by atoms with Crippen molar-refractivity contribution in [2.75, 3.05) is 32.9 Å². The summed E-state index contributed by atoms with van der Waals surface area (Å²) in [5.41, 5.74) is 0.706. The van der Waals surface area contributed by atoms with Gasteiger partial charge in [-0.15, -0.1) is 0 Å². The first-order chi connectivity index (χ1) is 14.2. The predicted octanol–water partition coefficient (Wildman–Crippen LogP) is 3.36. The molecule has 0 N–H and O–H groups in total. The molecule has 2 aromatic rings. The van der Waals surface area contributed by atoms with E-state index in [1.54, 1.807) is 6.92 Å². The van der Waals surface area contributed by atoms with Gasteiger partial charge in [0, 0.05) is 23.7 Å². The van der Waals surface area contributed by atoms with Gasteiger partial charge in [0.2, 0.25) is 15.8 Å². The zero-order valence-corrected chi connectivity index (χ0v) is 18.4. The Bertz CT molecular complexity index is 1080. The van der Waals surface area contributed by atoms with E-state index in [1.807, 2.05) is 0 Å². The number of halogens is 2. The summed E-state index contributed by atoms with van der Waals surface area (Å²) in [5.74, 6) is -1.31. The van der Waals surface area contributed by atoms with Crippen molar-refractivity contribution in [1.29, 1.82) is 0 Å². The summed E-state index contributed by atoms with van der Waals surface area (Å²) in [6, 6.07) is 8.62. The van der Waals surface area contributed by atoms with E-state index in [0.717, 1.165) is 0 Å². The van der Waals surface area contributed by atoms with Gasteiger partial charge in [-0.2, -0.15) is 4.31 Å². The maximum Gasteiger partial charge on any atom is 0.338 e. The van der Waals surface area contributed by atoms with Crippen molar-refractivity contribution < 1.29 is 27.5 Å². The third-order valence-electron chi connectivity index (χ3n) is 4.58. The lowest BCUT2D eigenvalue weighted by molar-refractivity contribution is 0.0474. The highest BCUT2D eigenvalue weighted by Gasteiger charge is 2.28. The molecule has 0 aliphatic carbocycles. The zero-order valence-electron chi connectivity index (χ0n) is 16.1. The van der Waals surface area contributed by atoms with E-state index in [9.17, 15) is 18.0 Å². The van der Waals surface area contributed by atoms with Crippen molar-refractivity contribution in [3.05, 3.63) is 63.1 Å². The number of carbonyl (C=O) groups excluding carboxylic acids is 2. The van der Waals surface area contributed by atoms with Crippen molar-refractivity contribution in [3.8, 4) is 0 Å². The average Bonchev–Trinajstić information content (AvgIpc) is 2.72. The maximum absolute atomic E-state index is 12.9. The summed E-state index contributed by atoms with van der Waals surface area (Å²) >= 11 is 11.8. The fourth-order valence-corrected chi connectivity index (χ4v) is 5.11. The quantitative estimate of drug-likeness (QED) is 0.473. The number of carbonyl (C=O) groups is 2. The van der Waals surface area contributed by atoms with Gasteiger partial charge in [-0.25, -0.2) is 13.2 Å². The summed E-state index contributed by atoms with van der Waals surface area (Å²) in [5, 5.41) is 0.528. The lowest BCUT2D eigenvalue weighted by Crippen LogP contribution is -2.40. The monoisotopic (exact) mass is 471 g/mol. The van der Waals surface area contributed by atoms with Gasteiger partial charge in [-0.1, -0.05) is 29.3 Å². The van der Waals surface area contributed by atoms with Crippen LogP contribution in [0, 0.1) is 6.92 Å². The average molecular weight is 472 g/mol. The van der Waals surface area contributed by atoms with Crippen LogP contribution in [0.2, 0.25) is 10.0 Å². The van der Waals surface area contributed by atoms with Crippen LogP contribution in [0.3, 0.4) is 0 Å². The minimum atomic E-state index is -3.78. The largest absolute Gasteiger partial charge is 0.454 e. The number of ether oxygens (including phenoxy) is 2. The molecule has 0 atom stereocenters. The molecule has 0 saturated carbocycles. The molecule has 2 aromatic carbocycles. The Labute approximate surface area is 184 Å². The molecule has 1 aliphatic heterocycles. The van der Waals surface area contributed by atoms with E-state index in [2.05, 4.69) is 0 Å². The summed E-state index contributed by atoms with van der Waals surface area (Å²) in [6.45, 7) is 2.22. The number of Topliss-reactive ketones (excluding diaryl/α,β-unsaturated/α-hetero) is 1. The Morgan fingerprint density at radius 2 is 1.80 bits per heavy atom. The van der Waals surface area contributed by atoms with Crippen LogP contribution in [0.1, 0.15) is 26.3 Å². The molecule has 1 fully saturated rings. The van der Waals surface area contributed by atoms with Crippen LogP contribution in [0.4, 0.5) is 0 Å². The topological polar surface area (TPSA) is 90.0 Å². The summed E-state index contributed by atoms with van der Waals surface area (Å²) < 4.78 is 37.5. The van der Waals surface area contributed by atoms with Gasteiger partial charge in [0.1, 0.15) is 0 Å². The van der Waals surface area contributed by atoms with Gasteiger partial charge >= 0.3 is 5.97 Å². The number of benzene rings is 2. The molecule has 160 valence electrons. The molecule has 1 saturated heterocycles. The molecular formula is C20H19Cl2NO6S. The maximum atomic E-state index is 12.9. The third kappa shape index (κ3) is 5.01. The Balaban J connectivity index is 1.75. The van der Waals surface area contributed by atoms with Crippen LogP contribution < -0.4 is 0 Å². The van der Waals surface area contributed by atoms with Crippen LogP contribution in [0.25, 0.3) is 0 Å². The van der Waals surface area contributed by atoms with Crippen molar-refractivity contribution >= 4 is 45.0 Å². The third-order valence-corrected chi connectivity index (χ3v) is 7.17. The molecular weight excluding hydrogens is 453 g/mol. The van der Waals surface area contributed by atoms with E-state index < -0.39 is 28.4 Å². The summed E-state index contributed by atoms with van der Waals surface area (Å²) in [6.07, 6.45) is 0. The Morgan fingerprint density at radius 1 is 1.10 bits per heavy atom. The van der Waals surface area contributed by atoms with Gasteiger partial charge in [0.15, 0.2) is 6.61 Å². The van der Waals surface area contributed by atoms with E-state index in [0.29, 0.717) is 23.8 Å². The second kappa shape index (κ2) is 9.45. The zero-order chi connectivity index (χ0) is 21.9. The number of esters is 1. The second-order valence-electron chi connectivity index (χ2n) is 6.62. The molecule has 0 bridgehead atoms. The number of rotatable bonds is 6. The van der Waals surface area contributed by atoms with Gasteiger partial charge in [0.05, 0.1) is 28.7 Å². The molecule has 0 unspecified atom stereocenters. The highest BCUT2D eigenvalue weighted by atomic mass is 35.5. The predicted molar refractivity (Wildman–Crippen MR) is 112 cm³/mol. The fraction of sp³-hybridized carbons (Fsp3) is 0.300. The van der Waals surface area contributed by atoms with Crippen LogP contribution in [0.5, 0.6) is 0 Å². The first kappa shape index (κ1) is 22.7. The van der Waals surface area contributed by atoms with E-state index >= 15 is 0 Å². The standard InChI is InChI=1S/C20H19Cl2NO6S/c1-13-2-3-14(10-19(13)30(26,27)23-6-8-28-9-7-23)20(25)29-12-18(24)16-5-4-15(21)11-17(16)22/h2-5,10-11H,6-9,12H2,1H3. The van der Waals surface area contributed by atoms with Crippen molar-refractivity contribution in [2.24, 2.45) is 0 Å². The molecule has 1 heterocycles. The van der Waals surface area contributed by atoms with Crippen LogP contribution in [-0.4, -0.2) is 57.4 Å². The Kier molecular flexibility index (Phi) is 7.15. The normalized spacial score (nSPS) is 15.0. The molecule has 0 radical (unpaired) electrons. The first-order valence-corrected chi connectivity index (χ1v) is 11.2. The Hall–Kier alpha value is -1.97. The van der Waals surface area contributed by atoms with Crippen LogP contribution in [-0.2, 0) is 19.5 Å². The molecule has 0 amide bonds. The number of hydrogen-bond acceptors (Lipinski definition) is 6. The number of morpholine rings is 1. The van der Waals surface area contributed by atoms with E-state index in [1.165, 1.54) is 40.7 Å². The molecule has 0 spiro atoms. The number of hydrogen-bond donors (Lipinski definition) is 0. The van der Waals surface area contributed by atoms with Crippen LogP contribution in [0.15, 0.2) is 41.3 Å². The lowest BCUT2D eigenvalue weighted by Gasteiger charge is -2.26. The number of ketones is 1. The number of aryl methyl sites for hydroxylation is 1. The van der Waals surface area contributed by atoms with Gasteiger partial charge in [0.25, 0.3) is 0 Å². The van der Waals surface area contributed by atoms with Crippen molar-refractivity contribution in [3.63, 3.8) is 0 Å². The van der Waals surface area contributed by atoms with Gasteiger partial charge < -0.3 is 9.47 Å². The van der Waals surface area contributed by atoms with Crippen molar-refractivity contribution in [2.45, 2.75) is 11.8 Å². The minimum absolute atomic E-state index is 0.0194. The molecule has 1 aliphatic rings. The highest BCUT2D eigenvalue weighted by Crippen LogP contribution is 2.24. The van der Waals surface area contributed by atoms with Crippen LogP contribution >= 0.6 is 23.2 Å². The molecule has 0 aromatic heterocycles. The summed E-state index contributed by atoms with van der Waals surface area (Å²) in [4.78, 5) is 24.7. The van der Waals surface area contributed by atoms with Gasteiger partial charge in [-0.05, 0) is 42.8 Å². The number of sulfonamides is 1. The van der Waals surface area contributed by atoms with E-state index in [4.69, 9.17) is 32.7 Å². The molecule has 30 heavy (non-hydrogen) atoms. The Morgan fingerprint density at radius 3 is 2.47 bits per heavy atom. The molecule has 7 nitrogen and oxygen atoms in total. The minimum Gasteiger partial charge on any atom is -0.454 e. The second-order valence-corrected chi connectivity index (χ2v) is 9.37.